The van der Waals surface area contributed by atoms with Crippen LogP contribution in [0, 0.1) is 6.92 Å². The number of fused-ring (bicyclic) bond motifs is 1. The van der Waals surface area contributed by atoms with Crippen LogP contribution in [0.2, 0.25) is 0 Å². The quantitative estimate of drug-likeness (QED) is 0.445. The molecule has 4 heterocycles. The van der Waals surface area contributed by atoms with Gasteiger partial charge >= 0.3 is 0 Å². The number of anilines is 2. The number of carbonyl (C=O) groups excluding carboxylic acids is 1. The minimum atomic E-state index is -0.153. The first-order valence-electron chi connectivity index (χ1n) is 11.1. The molecule has 1 saturated heterocycles. The number of carbonyl (C=O) groups is 1. The second-order valence-electron chi connectivity index (χ2n) is 8.30. The third-order valence-electron chi connectivity index (χ3n) is 5.97. The standard InChI is InChI=1S/C26H26N6O/c1-18-12-21(6-8-27-18)20-4-2-19(3-5-20)14-31-26-24-15-30-25(13-22(24)7-9-29-26)32-11-10-28-23(16-32)17-33/h2-9,12-13,15,17,23,28H,10-11,14,16H2,1H3,(H,29,31). The van der Waals surface area contributed by atoms with Gasteiger partial charge in [0.15, 0.2) is 0 Å². The SMILES string of the molecule is Cc1cc(-c2ccc(CNc3nccc4cc(N5CCNC(C=O)C5)ncc34)cc2)ccn1. The number of pyridine rings is 3. The van der Waals surface area contributed by atoms with E-state index in [4.69, 9.17) is 0 Å². The van der Waals surface area contributed by atoms with Crippen molar-refractivity contribution in [3.8, 4) is 11.1 Å². The summed E-state index contributed by atoms with van der Waals surface area (Å²) in [6, 6.07) is 16.6. The number of rotatable bonds is 6. The van der Waals surface area contributed by atoms with Crippen LogP contribution in [0.5, 0.6) is 0 Å². The molecule has 5 rings (SSSR count). The van der Waals surface area contributed by atoms with Crippen molar-refractivity contribution in [1.82, 2.24) is 20.3 Å². The molecule has 0 radical (unpaired) electrons. The highest BCUT2D eigenvalue weighted by Crippen LogP contribution is 2.25. The minimum absolute atomic E-state index is 0.153. The van der Waals surface area contributed by atoms with E-state index in [2.05, 4.69) is 66.9 Å². The molecular formula is C26H26N6O. The molecule has 166 valence electrons. The highest BCUT2D eigenvalue weighted by Gasteiger charge is 2.20. The Morgan fingerprint density at radius 2 is 1.91 bits per heavy atom. The molecule has 0 saturated carbocycles. The molecule has 1 aliphatic heterocycles. The first kappa shape index (κ1) is 21.0. The van der Waals surface area contributed by atoms with Gasteiger partial charge in [-0.15, -0.1) is 0 Å². The van der Waals surface area contributed by atoms with Gasteiger partial charge in [-0.05, 0) is 53.3 Å². The Balaban J connectivity index is 1.30. The van der Waals surface area contributed by atoms with E-state index < -0.39 is 0 Å². The minimum Gasteiger partial charge on any atom is -0.365 e. The van der Waals surface area contributed by atoms with Crippen LogP contribution in [0.4, 0.5) is 11.6 Å². The van der Waals surface area contributed by atoms with Crippen LogP contribution in [0.25, 0.3) is 21.9 Å². The van der Waals surface area contributed by atoms with Crippen LogP contribution in [-0.2, 0) is 11.3 Å². The number of aryl methyl sites for hydroxylation is 1. The molecule has 1 aromatic carbocycles. The summed E-state index contributed by atoms with van der Waals surface area (Å²) in [6.45, 7) is 4.90. The predicted octanol–water partition coefficient (Wildman–Crippen LogP) is 3.59. The first-order valence-corrected chi connectivity index (χ1v) is 11.1. The van der Waals surface area contributed by atoms with Gasteiger partial charge in [-0.1, -0.05) is 24.3 Å². The fraction of sp³-hybridized carbons (Fsp3) is 0.231. The molecule has 0 spiro atoms. The van der Waals surface area contributed by atoms with Gasteiger partial charge in [0, 0.05) is 55.8 Å². The molecule has 1 atom stereocenters. The van der Waals surface area contributed by atoms with Gasteiger partial charge in [-0.3, -0.25) is 4.98 Å². The van der Waals surface area contributed by atoms with Crippen molar-refractivity contribution in [3.63, 3.8) is 0 Å². The lowest BCUT2D eigenvalue weighted by molar-refractivity contribution is -0.109. The van der Waals surface area contributed by atoms with Crippen molar-refractivity contribution in [2.24, 2.45) is 0 Å². The van der Waals surface area contributed by atoms with E-state index in [0.29, 0.717) is 13.1 Å². The average molecular weight is 439 g/mol. The van der Waals surface area contributed by atoms with E-state index >= 15 is 0 Å². The fourth-order valence-electron chi connectivity index (χ4n) is 4.17. The van der Waals surface area contributed by atoms with E-state index in [1.54, 1.807) is 0 Å². The number of nitrogens with one attached hydrogen (secondary N) is 2. The summed E-state index contributed by atoms with van der Waals surface area (Å²) in [7, 11) is 0. The Morgan fingerprint density at radius 1 is 1.06 bits per heavy atom. The van der Waals surface area contributed by atoms with Crippen molar-refractivity contribution >= 4 is 28.7 Å². The number of nitrogens with zero attached hydrogens (tertiary/aromatic N) is 4. The Kier molecular flexibility index (Phi) is 5.95. The molecule has 1 aliphatic rings. The second kappa shape index (κ2) is 9.34. The van der Waals surface area contributed by atoms with Crippen LogP contribution in [-0.4, -0.2) is 46.9 Å². The van der Waals surface area contributed by atoms with Crippen LogP contribution in [0.1, 0.15) is 11.3 Å². The van der Waals surface area contributed by atoms with Crippen molar-refractivity contribution in [1.29, 1.82) is 0 Å². The normalized spacial score (nSPS) is 16.0. The van der Waals surface area contributed by atoms with E-state index in [-0.39, 0.29) is 6.04 Å². The number of hydrogen-bond donors (Lipinski definition) is 2. The maximum absolute atomic E-state index is 11.2. The topological polar surface area (TPSA) is 83.0 Å². The molecule has 7 nitrogen and oxygen atoms in total. The summed E-state index contributed by atoms with van der Waals surface area (Å²) in [6.07, 6.45) is 6.49. The van der Waals surface area contributed by atoms with Crippen molar-refractivity contribution < 1.29 is 4.79 Å². The van der Waals surface area contributed by atoms with Gasteiger partial charge in [-0.2, -0.15) is 0 Å². The fourth-order valence-corrected chi connectivity index (χ4v) is 4.17. The molecule has 2 N–H and O–H groups in total. The summed E-state index contributed by atoms with van der Waals surface area (Å²) in [5, 5.41) is 8.71. The van der Waals surface area contributed by atoms with Crippen molar-refractivity contribution in [3.05, 3.63) is 78.4 Å². The van der Waals surface area contributed by atoms with Crippen molar-refractivity contribution in [2.45, 2.75) is 19.5 Å². The largest absolute Gasteiger partial charge is 0.365 e. The molecule has 1 unspecified atom stereocenters. The summed E-state index contributed by atoms with van der Waals surface area (Å²) >= 11 is 0. The van der Waals surface area contributed by atoms with Gasteiger partial charge in [0.1, 0.15) is 17.9 Å². The Labute approximate surface area is 192 Å². The Morgan fingerprint density at radius 3 is 2.73 bits per heavy atom. The number of aromatic nitrogens is 3. The lowest BCUT2D eigenvalue weighted by Gasteiger charge is -2.32. The van der Waals surface area contributed by atoms with Gasteiger partial charge in [0.25, 0.3) is 0 Å². The molecule has 0 aliphatic carbocycles. The predicted molar refractivity (Wildman–Crippen MR) is 131 cm³/mol. The van der Waals surface area contributed by atoms with Crippen LogP contribution in [0.15, 0.2) is 67.1 Å². The molecular weight excluding hydrogens is 412 g/mol. The zero-order chi connectivity index (χ0) is 22.6. The summed E-state index contributed by atoms with van der Waals surface area (Å²) in [5.74, 6) is 1.70. The summed E-state index contributed by atoms with van der Waals surface area (Å²) < 4.78 is 0. The van der Waals surface area contributed by atoms with Gasteiger partial charge < -0.3 is 20.3 Å². The highest BCUT2D eigenvalue weighted by atomic mass is 16.1. The third-order valence-corrected chi connectivity index (χ3v) is 5.97. The smallest absolute Gasteiger partial charge is 0.138 e. The van der Waals surface area contributed by atoms with E-state index in [1.807, 2.05) is 37.6 Å². The van der Waals surface area contributed by atoms with Crippen LogP contribution < -0.4 is 15.5 Å². The first-order chi connectivity index (χ1) is 16.2. The van der Waals surface area contributed by atoms with Gasteiger partial charge in [0.2, 0.25) is 0 Å². The van der Waals surface area contributed by atoms with Gasteiger partial charge in [-0.25, -0.2) is 9.97 Å². The van der Waals surface area contributed by atoms with Gasteiger partial charge in [0.05, 0.1) is 6.04 Å². The summed E-state index contributed by atoms with van der Waals surface area (Å²) in [4.78, 5) is 26.8. The summed E-state index contributed by atoms with van der Waals surface area (Å²) in [5.41, 5.74) is 4.53. The molecule has 0 bridgehead atoms. The zero-order valence-electron chi connectivity index (χ0n) is 18.5. The molecule has 4 aromatic rings. The Hall–Kier alpha value is -3.84. The number of piperazine rings is 1. The van der Waals surface area contributed by atoms with E-state index in [1.165, 1.54) is 16.7 Å². The maximum atomic E-state index is 11.2. The average Bonchev–Trinajstić information content (AvgIpc) is 2.87. The molecule has 7 heteroatoms. The van der Waals surface area contributed by atoms with E-state index in [0.717, 1.165) is 47.5 Å². The lowest BCUT2D eigenvalue weighted by Crippen LogP contribution is -2.51. The Bertz CT molecular complexity index is 1270. The third kappa shape index (κ3) is 4.68. The maximum Gasteiger partial charge on any atom is 0.138 e. The van der Waals surface area contributed by atoms with Crippen LogP contribution in [0.3, 0.4) is 0 Å². The van der Waals surface area contributed by atoms with Crippen LogP contribution >= 0.6 is 0 Å². The molecule has 1 fully saturated rings. The highest BCUT2D eigenvalue weighted by molar-refractivity contribution is 5.92. The number of benzene rings is 1. The number of hydrogen-bond acceptors (Lipinski definition) is 7. The molecule has 3 aromatic heterocycles. The number of aldehydes is 1. The monoisotopic (exact) mass is 438 g/mol. The lowest BCUT2D eigenvalue weighted by atomic mass is 10.0. The zero-order valence-corrected chi connectivity index (χ0v) is 18.5. The molecule has 0 amide bonds. The molecule has 33 heavy (non-hydrogen) atoms. The van der Waals surface area contributed by atoms with Crippen molar-refractivity contribution in [2.75, 3.05) is 29.9 Å². The second-order valence-corrected chi connectivity index (χ2v) is 8.30. The van der Waals surface area contributed by atoms with E-state index in [9.17, 15) is 4.79 Å².